The second-order valence-corrected chi connectivity index (χ2v) is 17.8. The van der Waals surface area contributed by atoms with Gasteiger partial charge in [0.05, 0.1) is 37.2 Å². The molecule has 0 spiro atoms. The zero-order chi connectivity index (χ0) is 41.1. The van der Waals surface area contributed by atoms with Gasteiger partial charge < -0.3 is 8.98 Å². The number of rotatable bonds is 4. The van der Waals surface area contributed by atoms with Crippen LogP contribution in [0.3, 0.4) is 0 Å². The van der Waals surface area contributed by atoms with Crippen LogP contribution in [-0.2, 0) is 0 Å². The number of benzene rings is 9. The summed E-state index contributed by atoms with van der Waals surface area (Å²) >= 11 is 3.57. The van der Waals surface area contributed by atoms with Gasteiger partial charge in [-0.25, -0.2) is 0 Å². The zero-order valence-corrected chi connectivity index (χ0v) is 34.4. The molecule has 62 heavy (non-hydrogen) atoms. The molecule has 9 aromatic carbocycles. The molecule has 4 nitrogen and oxygen atoms in total. The minimum atomic E-state index is 0.420. The Kier molecular flexibility index (Phi) is 7.44. The lowest BCUT2D eigenvalue weighted by Crippen LogP contribution is -2.08. The van der Waals surface area contributed by atoms with Crippen molar-refractivity contribution >= 4 is 107 Å². The SMILES string of the molecule is N#Cc1c(-c2ccccc2)c(C#N)c(-n2c3c(ccc4c5ccccc5sc43)c3ccc4c5ccccc5sc4c32)c(-c2ccccc2)c1-c1cccc2c1oc1ccccc12. The smallest absolute Gasteiger partial charge is 0.143 e. The standard InChI is InChI=1S/C56H29N3OS2/c57-30-43-48(32-14-3-1-4-15-32)44(31-58)51(49(33-16-5-2-6-17-33)50(43)42-22-13-21-39-34-18-7-10-23-45(34)60-54(39)42)59-52-37(26-28-40-35-19-8-11-24-46(35)61-55(40)52)38-27-29-41-36-20-9-12-25-47(36)62-56(41)53(38)59/h1-29H. The molecule has 4 heterocycles. The molecule has 0 aliphatic rings. The van der Waals surface area contributed by atoms with Crippen molar-refractivity contribution in [1.29, 1.82) is 10.5 Å². The Morgan fingerprint density at radius 3 is 1.50 bits per heavy atom. The highest BCUT2D eigenvalue weighted by molar-refractivity contribution is 7.27. The average Bonchev–Trinajstić information content (AvgIpc) is 4.10. The first-order valence-electron chi connectivity index (χ1n) is 20.5. The maximum absolute atomic E-state index is 11.9. The summed E-state index contributed by atoms with van der Waals surface area (Å²) in [5.74, 6) is 0. The predicted octanol–water partition coefficient (Wildman–Crippen LogP) is 16.2. The van der Waals surface area contributed by atoms with E-state index in [4.69, 9.17) is 4.42 Å². The predicted molar refractivity (Wildman–Crippen MR) is 260 cm³/mol. The van der Waals surface area contributed by atoms with Crippen molar-refractivity contribution in [3.05, 3.63) is 187 Å². The van der Waals surface area contributed by atoms with Gasteiger partial charge in [0.25, 0.3) is 0 Å². The molecule has 0 unspecified atom stereocenters. The molecule has 0 radical (unpaired) electrons. The molecule has 13 rings (SSSR count). The Labute approximate surface area is 362 Å². The van der Waals surface area contributed by atoms with E-state index in [0.717, 1.165) is 81.1 Å². The van der Waals surface area contributed by atoms with E-state index < -0.39 is 0 Å². The largest absolute Gasteiger partial charge is 0.455 e. The highest BCUT2D eigenvalue weighted by Gasteiger charge is 2.32. The maximum Gasteiger partial charge on any atom is 0.143 e. The van der Waals surface area contributed by atoms with E-state index in [1.807, 2.05) is 66.7 Å². The Bertz CT molecular complexity index is 3990. The number of hydrogen-bond acceptors (Lipinski definition) is 5. The fourth-order valence-corrected chi connectivity index (χ4v) is 12.4. The van der Waals surface area contributed by atoms with E-state index in [2.05, 4.69) is 126 Å². The molecule has 286 valence electrons. The molecule has 0 saturated heterocycles. The van der Waals surface area contributed by atoms with Gasteiger partial charge >= 0.3 is 0 Å². The van der Waals surface area contributed by atoms with Crippen LogP contribution in [0.2, 0.25) is 0 Å². The van der Waals surface area contributed by atoms with Crippen molar-refractivity contribution in [2.24, 2.45) is 0 Å². The third kappa shape index (κ3) is 4.74. The molecule has 0 bridgehead atoms. The van der Waals surface area contributed by atoms with Crippen molar-refractivity contribution in [1.82, 2.24) is 4.57 Å². The Morgan fingerprint density at radius 1 is 0.403 bits per heavy atom. The summed E-state index contributed by atoms with van der Waals surface area (Å²) in [6.07, 6.45) is 0. The molecule has 0 amide bonds. The number of thiophene rings is 2. The van der Waals surface area contributed by atoms with Crippen molar-refractivity contribution in [2.75, 3.05) is 0 Å². The molecule has 0 aliphatic carbocycles. The van der Waals surface area contributed by atoms with Crippen LogP contribution < -0.4 is 0 Å². The highest BCUT2D eigenvalue weighted by Crippen LogP contribution is 2.53. The molecule has 13 aromatic rings. The van der Waals surface area contributed by atoms with Gasteiger partial charge in [0.1, 0.15) is 23.3 Å². The van der Waals surface area contributed by atoms with Crippen LogP contribution in [-0.4, -0.2) is 4.57 Å². The van der Waals surface area contributed by atoms with Crippen molar-refractivity contribution in [3.63, 3.8) is 0 Å². The van der Waals surface area contributed by atoms with Crippen LogP contribution in [0.15, 0.2) is 180 Å². The number of nitrogens with zero attached hydrogens (tertiary/aromatic N) is 3. The minimum absolute atomic E-state index is 0.420. The average molecular weight is 824 g/mol. The van der Waals surface area contributed by atoms with E-state index in [1.54, 1.807) is 22.7 Å². The lowest BCUT2D eigenvalue weighted by atomic mass is 9.81. The highest BCUT2D eigenvalue weighted by atomic mass is 32.1. The molecular formula is C56H29N3OS2. The van der Waals surface area contributed by atoms with Crippen LogP contribution in [0.4, 0.5) is 0 Å². The van der Waals surface area contributed by atoms with Gasteiger partial charge in [0.15, 0.2) is 0 Å². The number of nitriles is 2. The van der Waals surface area contributed by atoms with Gasteiger partial charge in [-0.3, -0.25) is 0 Å². The summed E-state index contributed by atoms with van der Waals surface area (Å²) in [5.41, 5.74) is 9.70. The molecule has 0 saturated carbocycles. The first-order valence-corrected chi connectivity index (χ1v) is 22.1. The van der Waals surface area contributed by atoms with Crippen LogP contribution in [0.25, 0.3) is 123 Å². The Balaban J connectivity index is 1.35. The van der Waals surface area contributed by atoms with Gasteiger partial charge in [0, 0.05) is 74.7 Å². The lowest BCUT2D eigenvalue weighted by Gasteiger charge is -2.24. The van der Waals surface area contributed by atoms with E-state index >= 15 is 0 Å². The molecule has 0 N–H and O–H groups in total. The quantitative estimate of drug-likeness (QED) is 0.178. The van der Waals surface area contributed by atoms with Gasteiger partial charge in [-0.05, 0) is 29.3 Å². The monoisotopic (exact) mass is 823 g/mol. The molecule has 0 fully saturated rings. The van der Waals surface area contributed by atoms with E-state index in [-0.39, 0.29) is 0 Å². The number of aromatic nitrogens is 1. The second kappa shape index (κ2) is 13.3. The molecule has 0 atom stereocenters. The topological polar surface area (TPSA) is 65.7 Å². The lowest BCUT2D eigenvalue weighted by molar-refractivity contribution is 0.670. The normalized spacial score (nSPS) is 11.8. The fourth-order valence-electron chi connectivity index (χ4n) is 9.94. The summed E-state index contributed by atoms with van der Waals surface area (Å²) < 4.78 is 13.9. The Hall–Kier alpha value is -8.00. The third-order valence-electron chi connectivity index (χ3n) is 12.5. The second-order valence-electron chi connectivity index (χ2n) is 15.7. The summed E-state index contributed by atoms with van der Waals surface area (Å²) in [5, 5.41) is 32.4. The number of furan rings is 1. The minimum Gasteiger partial charge on any atom is -0.455 e. The third-order valence-corrected chi connectivity index (χ3v) is 14.9. The van der Waals surface area contributed by atoms with E-state index in [1.165, 1.54) is 30.9 Å². The molecular weight excluding hydrogens is 795 g/mol. The van der Waals surface area contributed by atoms with Crippen LogP contribution in [0.5, 0.6) is 0 Å². The van der Waals surface area contributed by atoms with E-state index in [9.17, 15) is 10.5 Å². The van der Waals surface area contributed by atoms with Crippen molar-refractivity contribution in [2.45, 2.75) is 0 Å². The first-order chi connectivity index (χ1) is 30.7. The maximum atomic E-state index is 11.9. The molecule has 6 heteroatoms. The van der Waals surface area contributed by atoms with E-state index in [0.29, 0.717) is 22.3 Å². The summed E-state index contributed by atoms with van der Waals surface area (Å²) in [6, 6.07) is 66.2. The van der Waals surface area contributed by atoms with Crippen molar-refractivity contribution < 1.29 is 4.42 Å². The van der Waals surface area contributed by atoms with Gasteiger partial charge in [-0.15, -0.1) is 22.7 Å². The fraction of sp³-hybridized carbons (Fsp3) is 0. The van der Waals surface area contributed by atoms with Gasteiger partial charge in [0.2, 0.25) is 0 Å². The Morgan fingerprint density at radius 2 is 0.903 bits per heavy atom. The van der Waals surface area contributed by atoms with Crippen LogP contribution in [0.1, 0.15) is 11.1 Å². The summed E-state index contributed by atoms with van der Waals surface area (Å²) in [4.78, 5) is 0. The summed E-state index contributed by atoms with van der Waals surface area (Å²) in [7, 11) is 0. The van der Waals surface area contributed by atoms with Crippen LogP contribution >= 0.6 is 22.7 Å². The number of hydrogen-bond donors (Lipinski definition) is 0. The number of para-hydroxylation sites is 2. The summed E-state index contributed by atoms with van der Waals surface area (Å²) in [6.45, 7) is 0. The molecule has 0 aliphatic heterocycles. The first kappa shape index (κ1) is 34.8. The van der Waals surface area contributed by atoms with Crippen molar-refractivity contribution in [3.8, 4) is 51.2 Å². The van der Waals surface area contributed by atoms with Gasteiger partial charge in [-0.2, -0.15) is 10.5 Å². The zero-order valence-electron chi connectivity index (χ0n) is 32.8. The number of fused-ring (bicyclic) bond motifs is 14. The van der Waals surface area contributed by atoms with Crippen LogP contribution in [0, 0.1) is 22.7 Å². The molecule has 4 aromatic heterocycles. The van der Waals surface area contributed by atoms with Gasteiger partial charge in [-0.1, -0.05) is 158 Å².